The maximum absolute atomic E-state index is 10.9. The summed E-state index contributed by atoms with van der Waals surface area (Å²) in [6.07, 6.45) is 3.45. The first-order chi connectivity index (χ1) is 13.5. The molecule has 0 bridgehead atoms. The van der Waals surface area contributed by atoms with E-state index in [2.05, 4.69) is 24.4 Å². The van der Waals surface area contributed by atoms with Gasteiger partial charge < -0.3 is 10.4 Å². The third kappa shape index (κ3) is 4.07. The zero-order valence-electron chi connectivity index (χ0n) is 16.0. The molecule has 1 aliphatic carbocycles. The van der Waals surface area contributed by atoms with Crippen LogP contribution < -0.4 is 5.32 Å². The maximum atomic E-state index is 10.9. The lowest BCUT2D eigenvalue weighted by Gasteiger charge is -2.14. The monoisotopic (exact) mass is 393 g/mol. The smallest absolute Gasteiger partial charge is 0.307 e. The lowest BCUT2D eigenvalue weighted by Crippen LogP contribution is -2.05. The predicted octanol–water partition coefficient (Wildman–Crippen LogP) is 5.32. The van der Waals surface area contributed by atoms with E-state index in [0.717, 1.165) is 51.4 Å². The number of carboxylic acid groups (broad SMARTS) is 1. The number of aliphatic carboxylic acids is 1. The van der Waals surface area contributed by atoms with Crippen LogP contribution in [0.5, 0.6) is 0 Å². The SMILES string of the molecule is CCc1c(C)nc(-c2ccc(C3CC3)s2)nc1Nc1ccc(CC(=O)O)cc1. The predicted molar refractivity (Wildman–Crippen MR) is 112 cm³/mol. The Morgan fingerprint density at radius 2 is 1.93 bits per heavy atom. The number of anilines is 2. The highest BCUT2D eigenvalue weighted by molar-refractivity contribution is 7.15. The van der Waals surface area contributed by atoms with Crippen molar-refractivity contribution in [2.45, 2.75) is 45.4 Å². The van der Waals surface area contributed by atoms with Crippen molar-refractivity contribution in [1.29, 1.82) is 0 Å². The van der Waals surface area contributed by atoms with Crippen LogP contribution in [0.25, 0.3) is 10.7 Å². The van der Waals surface area contributed by atoms with Gasteiger partial charge in [-0.3, -0.25) is 4.79 Å². The van der Waals surface area contributed by atoms with E-state index in [1.165, 1.54) is 17.7 Å². The number of benzene rings is 1. The normalized spacial score (nSPS) is 13.5. The maximum Gasteiger partial charge on any atom is 0.307 e. The van der Waals surface area contributed by atoms with Crippen molar-refractivity contribution in [2.24, 2.45) is 0 Å². The summed E-state index contributed by atoms with van der Waals surface area (Å²) in [6, 6.07) is 11.8. The van der Waals surface area contributed by atoms with Crippen molar-refractivity contribution in [3.8, 4) is 10.7 Å². The Morgan fingerprint density at radius 1 is 1.18 bits per heavy atom. The van der Waals surface area contributed by atoms with Crippen LogP contribution in [0.1, 0.15) is 47.4 Å². The highest BCUT2D eigenvalue weighted by Crippen LogP contribution is 2.44. The average molecular weight is 394 g/mol. The van der Waals surface area contributed by atoms with Gasteiger partial charge in [-0.1, -0.05) is 19.1 Å². The molecule has 28 heavy (non-hydrogen) atoms. The van der Waals surface area contributed by atoms with Crippen molar-refractivity contribution in [3.05, 3.63) is 58.1 Å². The first-order valence-electron chi connectivity index (χ1n) is 9.59. The van der Waals surface area contributed by atoms with Crippen LogP contribution in [0.15, 0.2) is 36.4 Å². The van der Waals surface area contributed by atoms with E-state index in [0.29, 0.717) is 0 Å². The molecule has 1 aliphatic rings. The van der Waals surface area contributed by atoms with E-state index in [9.17, 15) is 4.79 Å². The molecule has 0 amide bonds. The lowest BCUT2D eigenvalue weighted by molar-refractivity contribution is -0.136. The third-order valence-corrected chi connectivity index (χ3v) is 6.21. The van der Waals surface area contributed by atoms with E-state index in [-0.39, 0.29) is 6.42 Å². The number of nitrogens with zero attached hydrogens (tertiary/aromatic N) is 2. The second kappa shape index (κ2) is 7.72. The molecule has 144 valence electrons. The molecule has 1 fully saturated rings. The van der Waals surface area contributed by atoms with E-state index < -0.39 is 5.97 Å². The van der Waals surface area contributed by atoms with E-state index in [4.69, 9.17) is 15.1 Å². The van der Waals surface area contributed by atoms with E-state index >= 15 is 0 Å². The summed E-state index contributed by atoms with van der Waals surface area (Å²) in [4.78, 5) is 23.0. The van der Waals surface area contributed by atoms with Gasteiger partial charge in [-0.05, 0) is 61.9 Å². The summed E-state index contributed by atoms with van der Waals surface area (Å²) < 4.78 is 0. The Bertz CT molecular complexity index is 1010. The van der Waals surface area contributed by atoms with Crippen molar-refractivity contribution < 1.29 is 9.90 Å². The first-order valence-corrected chi connectivity index (χ1v) is 10.4. The fourth-order valence-electron chi connectivity index (χ4n) is 3.31. The van der Waals surface area contributed by atoms with Gasteiger partial charge >= 0.3 is 5.97 Å². The highest BCUT2D eigenvalue weighted by Gasteiger charge is 2.25. The molecular formula is C22H23N3O2S. The Hall–Kier alpha value is -2.73. The number of nitrogens with one attached hydrogen (secondary N) is 1. The molecule has 0 aliphatic heterocycles. The molecule has 2 aromatic heterocycles. The molecule has 0 atom stereocenters. The Labute approximate surface area is 168 Å². The van der Waals surface area contributed by atoms with Gasteiger partial charge in [0.1, 0.15) is 5.82 Å². The van der Waals surface area contributed by atoms with Gasteiger partial charge in [0.05, 0.1) is 11.3 Å². The quantitative estimate of drug-likeness (QED) is 0.568. The zero-order valence-corrected chi connectivity index (χ0v) is 16.8. The lowest BCUT2D eigenvalue weighted by atomic mass is 10.1. The molecule has 6 heteroatoms. The van der Waals surface area contributed by atoms with Gasteiger partial charge in [-0.15, -0.1) is 11.3 Å². The Morgan fingerprint density at radius 3 is 2.57 bits per heavy atom. The van der Waals surface area contributed by atoms with Gasteiger partial charge in [-0.25, -0.2) is 9.97 Å². The second-order valence-electron chi connectivity index (χ2n) is 7.18. The fourth-order valence-corrected chi connectivity index (χ4v) is 4.42. The summed E-state index contributed by atoms with van der Waals surface area (Å²) in [6.45, 7) is 4.13. The van der Waals surface area contributed by atoms with Crippen LogP contribution in [0.3, 0.4) is 0 Å². The topological polar surface area (TPSA) is 75.1 Å². The van der Waals surface area contributed by atoms with Crippen LogP contribution >= 0.6 is 11.3 Å². The highest BCUT2D eigenvalue weighted by atomic mass is 32.1. The van der Waals surface area contributed by atoms with Crippen molar-refractivity contribution in [3.63, 3.8) is 0 Å². The molecular weight excluding hydrogens is 370 g/mol. The number of carboxylic acids is 1. The van der Waals surface area contributed by atoms with Gasteiger partial charge in [0.2, 0.25) is 0 Å². The number of aromatic nitrogens is 2. The second-order valence-corrected chi connectivity index (χ2v) is 8.30. The molecule has 1 saturated carbocycles. The number of rotatable bonds is 7. The summed E-state index contributed by atoms with van der Waals surface area (Å²) in [5.74, 6) is 1.48. The first kappa shape index (κ1) is 18.6. The van der Waals surface area contributed by atoms with E-state index in [1.54, 1.807) is 11.3 Å². The van der Waals surface area contributed by atoms with Gasteiger partial charge in [0, 0.05) is 21.8 Å². The molecule has 2 heterocycles. The molecule has 3 aromatic rings. The number of hydrogen-bond donors (Lipinski definition) is 2. The standard InChI is InChI=1S/C22H23N3O2S/c1-3-17-13(2)23-22(19-11-10-18(28-19)15-6-7-15)25-21(17)24-16-8-4-14(5-9-16)12-20(26)27/h4-5,8-11,15H,3,6-7,12H2,1-2H3,(H,26,27)(H,23,24,25). The minimum Gasteiger partial charge on any atom is -0.481 e. The van der Waals surface area contributed by atoms with E-state index in [1.807, 2.05) is 31.2 Å². The third-order valence-electron chi connectivity index (χ3n) is 4.97. The fraction of sp³-hybridized carbons (Fsp3) is 0.318. The van der Waals surface area contributed by atoms with Gasteiger partial charge in [0.15, 0.2) is 5.82 Å². The van der Waals surface area contributed by atoms with Crippen LogP contribution in [-0.4, -0.2) is 21.0 Å². The minimum atomic E-state index is -0.827. The molecule has 5 nitrogen and oxygen atoms in total. The Kier molecular flexibility index (Phi) is 5.13. The number of aryl methyl sites for hydroxylation is 1. The Balaban J connectivity index is 1.62. The summed E-state index contributed by atoms with van der Waals surface area (Å²) in [5.41, 5.74) is 3.74. The molecule has 4 rings (SSSR count). The average Bonchev–Trinajstić information content (AvgIpc) is 3.39. The van der Waals surface area contributed by atoms with Crippen molar-refractivity contribution >= 4 is 28.8 Å². The van der Waals surface area contributed by atoms with Gasteiger partial charge in [-0.2, -0.15) is 0 Å². The largest absolute Gasteiger partial charge is 0.481 e. The van der Waals surface area contributed by atoms with Crippen molar-refractivity contribution in [1.82, 2.24) is 9.97 Å². The zero-order chi connectivity index (χ0) is 19.7. The molecule has 0 spiro atoms. The van der Waals surface area contributed by atoms with Crippen LogP contribution in [-0.2, 0) is 17.6 Å². The van der Waals surface area contributed by atoms with Crippen molar-refractivity contribution in [2.75, 3.05) is 5.32 Å². The molecule has 0 radical (unpaired) electrons. The number of carbonyl (C=O) groups is 1. The summed E-state index contributed by atoms with van der Waals surface area (Å²) >= 11 is 1.79. The minimum absolute atomic E-state index is 0.0267. The van der Waals surface area contributed by atoms with Crippen LogP contribution in [0.2, 0.25) is 0 Å². The van der Waals surface area contributed by atoms with Crippen LogP contribution in [0, 0.1) is 6.92 Å². The summed E-state index contributed by atoms with van der Waals surface area (Å²) in [7, 11) is 0. The molecule has 0 unspecified atom stereocenters. The molecule has 1 aromatic carbocycles. The molecule has 0 saturated heterocycles. The number of thiophene rings is 1. The number of hydrogen-bond acceptors (Lipinski definition) is 5. The summed E-state index contributed by atoms with van der Waals surface area (Å²) in [5, 5.41) is 12.3. The molecule has 2 N–H and O–H groups in total. The van der Waals surface area contributed by atoms with Crippen LogP contribution in [0.4, 0.5) is 11.5 Å². The van der Waals surface area contributed by atoms with Gasteiger partial charge in [0.25, 0.3) is 0 Å².